The highest BCUT2D eigenvalue weighted by atomic mass is 15.2. The van der Waals surface area contributed by atoms with Gasteiger partial charge in [-0.05, 0) is 64.5 Å². The molecule has 0 amide bonds. The summed E-state index contributed by atoms with van der Waals surface area (Å²) in [5.74, 6) is 1.69. The zero-order valence-corrected chi connectivity index (χ0v) is 12.8. The Bertz CT molecular complexity index is 254. The van der Waals surface area contributed by atoms with E-state index in [1.807, 2.05) is 0 Å². The van der Waals surface area contributed by atoms with E-state index in [2.05, 4.69) is 37.9 Å². The predicted molar refractivity (Wildman–Crippen MR) is 78.9 cm³/mol. The number of nitrogens with zero attached hydrogens (tertiary/aromatic N) is 1. The molecule has 2 heterocycles. The summed E-state index contributed by atoms with van der Waals surface area (Å²) in [4.78, 5) is 2.65. The quantitative estimate of drug-likeness (QED) is 0.826. The van der Waals surface area contributed by atoms with Gasteiger partial charge in [0.1, 0.15) is 0 Å². The Balaban J connectivity index is 1.94. The van der Waals surface area contributed by atoms with Gasteiger partial charge < -0.3 is 10.2 Å². The van der Waals surface area contributed by atoms with E-state index in [1.165, 1.54) is 51.7 Å². The minimum atomic E-state index is 0.440. The van der Waals surface area contributed by atoms with E-state index in [-0.39, 0.29) is 0 Å². The molecule has 2 saturated heterocycles. The van der Waals surface area contributed by atoms with Gasteiger partial charge in [-0.15, -0.1) is 0 Å². The number of hydrogen-bond donors (Lipinski definition) is 1. The van der Waals surface area contributed by atoms with Crippen LogP contribution in [-0.2, 0) is 0 Å². The number of hydrogen-bond acceptors (Lipinski definition) is 2. The van der Waals surface area contributed by atoms with Gasteiger partial charge in [0, 0.05) is 18.1 Å². The van der Waals surface area contributed by atoms with Crippen molar-refractivity contribution >= 4 is 0 Å². The van der Waals surface area contributed by atoms with Crippen LogP contribution in [0, 0.1) is 11.8 Å². The molecule has 0 aromatic carbocycles. The molecule has 0 aromatic heterocycles. The van der Waals surface area contributed by atoms with Crippen LogP contribution < -0.4 is 5.32 Å². The maximum atomic E-state index is 3.88. The highest BCUT2D eigenvalue weighted by Crippen LogP contribution is 2.36. The normalized spacial score (nSPS) is 34.7. The lowest BCUT2D eigenvalue weighted by Crippen LogP contribution is -2.53. The SMILES string of the molecule is CC(C)N1CCC(CC2(C(C)C)CCCCN2)C1. The topological polar surface area (TPSA) is 15.3 Å². The number of piperidine rings is 1. The molecule has 0 aromatic rings. The Morgan fingerprint density at radius 2 is 2.00 bits per heavy atom. The largest absolute Gasteiger partial charge is 0.311 e. The summed E-state index contributed by atoms with van der Waals surface area (Å²) < 4.78 is 0. The standard InChI is InChI=1S/C16H32N2/c1-13(2)16(8-5-6-9-17-16)11-15-7-10-18(12-15)14(3)4/h13-15,17H,5-12H2,1-4H3. The first-order valence-corrected chi connectivity index (χ1v) is 8.02. The van der Waals surface area contributed by atoms with Gasteiger partial charge in [-0.25, -0.2) is 0 Å². The first kappa shape index (κ1) is 14.3. The van der Waals surface area contributed by atoms with E-state index in [4.69, 9.17) is 0 Å². The molecule has 2 aliphatic rings. The third-order valence-corrected chi connectivity index (χ3v) is 5.33. The average Bonchev–Trinajstić information content (AvgIpc) is 2.78. The van der Waals surface area contributed by atoms with Gasteiger partial charge in [0.25, 0.3) is 0 Å². The fourth-order valence-corrected chi connectivity index (χ4v) is 3.91. The Morgan fingerprint density at radius 1 is 1.22 bits per heavy atom. The molecule has 1 N–H and O–H groups in total. The highest BCUT2D eigenvalue weighted by molar-refractivity contribution is 4.96. The maximum absolute atomic E-state index is 3.88. The molecule has 2 atom stereocenters. The minimum Gasteiger partial charge on any atom is -0.311 e. The second-order valence-electron chi connectivity index (χ2n) is 7.14. The van der Waals surface area contributed by atoms with E-state index >= 15 is 0 Å². The molecule has 2 fully saturated rings. The molecule has 0 saturated carbocycles. The molecule has 106 valence electrons. The van der Waals surface area contributed by atoms with E-state index in [1.54, 1.807) is 0 Å². The average molecular weight is 252 g/mol. The number of rotatable bonds is 4. The minimum absolute atomic E-state index is 0.440. The zero-order chi connectivity index (χ0) is 13.2. The van der Waals surface area contributed by atoms with Crippen molar-refractivity contribution in [1.82, 2.24) is 10.2 Å². The second-order valence-corrected chi connectivity index (χ2v) is 7.14. The van der Waals surface area contributed by atoms with E-state index in [0.717, 1.165) is 17.9 Å². The van der Waals surface area contributed by atoms with Crippen LogP contribution in [-0.4, -0.2) is 36.1 Å². The number of likely N-dealkylation sites (tertiary alicyclic amines) is 1. The van der Waals surface area contributed by atoms with Crippen LogP contribution in [0.5, 0.6) is 0 Å². The van der Waals surface area contributed by atoms with Crippen molar-refractivity contribution in [3.63, 3.8) is 0 Å². The van der Waals surface area contributed by atoms with E-state index in [0.29, 0.717) is 5.54 Å². The first-order valence-electron chi connectivity index (χ1n) is 8.02. The summed E-state index contributed by atoms with van der Waals surface area (Å²) in [7, 11) is 0. The molecule has 2 heteroatoms. The third-order valence-electron chi connectivity index (χ3n) is 5.33. The first-order chi connectivity index (χ1) is 8.53. The van der Waals surface area contributed by atoms with Gasteiger partial charge in [-0.3, -0.25) is 0 Å². The Morgan fingerprint density at radius 3 is 2.50 bits per heavy atom. The summed E-state index contributed by atoms with van der Waals surface area (Å²) >= 11 is 0. The van der Waals surface area contributed by atoms with E-state index in [9.17, 15) is 0 Å². The monoisotopic (exact) mass is 252 g/mol. The molecule has 0 spiro atoms. The summed E-state index contributed by atoms with van der Waals surface area (Å²) in [5, 5.41) is 3.88. The molecule has 0 bridgehead atoms. The maximum Gasteiger partial charge on any atom is 0.0207 e. The van der Waals surface area contributed by atoms with Crippen molar-refractivity contribution in [2.75, 3.05) is 19.6 Å². The van der Waals surface area contributed by atoms with Crippen molar-refractivity contribution in [3.8, 4) is 0 Å². The summed E-state index contributed by atoms with van der Waals surface area (Å²) in [6, 6.07) is 0.726. The predicted octanol–water partition coefficient (Wildman–Crippen LogP) is 3.28. The van der Waals surface area contributed by atoms with Gasteiger partial charge in [0.15, 0.2) is 0 Å². The van der Waals surface area contributed by atoms with Gasteiger partial charge in [-0.1, -0.05) is 20.3 Å². The Kier molecular flexibility index (Phi) is 4.71. The van der Waals surface area contributed by atoms with Crippen LogP contribution in [0.25, 0.3) is 0 Å². The third kappa shape index (κ3) is 3.08. The molecular weight excluding hydrogens is 220 g/mol. The van der Waals surface area contributed by atoms with Gasteiger partial charge >= 0.3 is 0 Å². The van der Waals surface area contributed by atoms with Gasteiger partial charge in [-0.2, -0.15) is 0 Å². The van der Waals surface area contributed by atoms with Crippen molar-refractivity contribution in [2.45, 2.75) is 71.4 Å². The summed E-state index contributed by atoms with van der Waals surface area (Å²) in [6.07, 6.45) is 6.99. The molecule has 2 aliphatic heterocycles. The Hall–Kier alpha value is -0.0800. The Labute approximate surface area is 114 Å². The van der Waals surface area contributed by atoms with Crippen LogP contribution in [0.4, 0.5) is 0 Å². The van der Waals surface area contributed by atoms with Crippen LogP contribution >= 0.6 is 0 Å². The van der Waals surface area contributed by atoms with Crippen molar-refractivity contribution < 1.29 is 0 Å². The van der Waals surface area contributed by atoms with Gasteiger partial charge in [0.2, 0.25) is 0 Å². The fraction of sp³-hybridized carbons (Fsp3) is 1.00. The van der Waals surface area contributed by atoms with Crippen LogP contribution in [0.2, 0.25) is 0 Å². The summed E-state index contributed by atoms with van der Waals surface area (Å²) in [5.41, 5.74) is 0.440. The van der Waals surface area contributed by atoms with Crippen LogP contribution in [0.1, 0.15) is 59.8 Å². The second kappa shape index (κ2) is 5.92. The molecular formula is C16H32N2. The summed E-state index contributed by atoms with van der Waals surface area (Å²) in [6.45, 7) is 13.4. The molecule has 0 radical (unpaired) electrons. The van der Waals surface area contributed by atoms with Crippen LogP contribution in [0.15, 0.2) is 0 Å². The molecule has 0 aliphatic carbocycles. The van der Waals surface area contributed by atoms with Gasteiger partial charge in [0.05, 0.1) is 0 Å². The van der Waals surface area contributed by atoms with Crippen LogP contribution in [0.3, 0.4) is 0 Å². The molecule has 2 rings (SSSR count). The fourth-order valence-electron chi connectivity index (χ4n) is 3.91. The lowest BCUT2D eigenvalue weighted by Gasteiger charge is -2.44. The van der Waals surface area contributed by atoms with Crippen molar-refractivity contribution in [3.05, 3.63) is 0 Å². The number of nitrogens with one attached hydrogen (secondary N) is 1. The lowest BCUT2D eigenvalue weighted by molar-refractivity contribution is 0.141. The smallest absolute Gasteiger partial charge is 0.0207 e. The highest BCUT2D eigenvalue weighted by Gasteiger charge is 2.38. The molecule has 18 heavy (non-hydrogen) atoms. The van der Waals surface area contributed by atoms with Crippen molar-refractivity contribution in [1.29, 1.82) is 0 Å². The van der Waals surface area contributed by atoms with E-state index < -0.39 is 0 Å². The molecule has 2 unspecified atom stereocenters. The lowest BCUT2D eigenvalue weighted by atomic mass is 9.73. The van der Waals surface area contributed by atoms with Crippen molar-refractivity contribution in [2.24, 2.45) is 11.8 Å². The zero-order valence-electron chi connectivity index (χ0n) is 12.8. The molecule has 2 nitrogen and oxygen atoms in total.